The van der Waals surface area contributed by atoms with Gasteiger partial charge >= 0.3 is 3.93 Å². The summed E-state index contributed by atoms with van der Waals surface area (Å²) in [6.45, 7) is 0. The van der Waals surface area contributed by atoms with E-state index in [-0.39, 0.29) is 23.6 Å². The van der Waals surface area contributed by atoms with Gasteiger partial charge < -0.3 is 10.1 Å². The molecule has 1 amide bonds. The molecule has 9 heteroatoms. The van der Waals surface area contributed by atoms with Crippen molar-refractivity contribution in [2.45, 2.75) is 23.2 Å². The standard InChI is InChI=1S/C26H25F2IN4O2/c1-29-26(27,28)19-9-10-24(35-2)22(17-19)31-25(34)8-4-6-18-5-3-7-23-21(18)13-16-33(23)32-20-11-14-30-15-12-20/h3,5,7,9-17H,1,4,6,8H2,2H3,(H,30,32)(H,31,34). The number of hydrogen-bond acceptors (Lipinski definition) is 4. The Bertz CT molecular complexity index is 1340. The van der Waals surface area contributed by atoms with Crippen molar-refractivity contribution in [3.05, 3.63) is 84.3 Å². The number of anilines is 2. The third kappa shape index (κ3) is 5.84. The number of fused-ring (bicyclic) bond motifs is 1. The Morgan fingerprint density at radius 3 is 2.71 bits per heavy atom. The van der Waals surface area contributed by atoms with Gasteiger partial charge in [-0.1, -0.05) is 16.6 Å². The predicted octanol–water partition coefficient (Wildman–Crippen LogP) is 6.33. The topological polar surface area (TPSA) is 68.2 Å². The molecule has 2 aromatic heterocycles. The first-order valence-electron chi connectivity index (χ1n) is 10.9. The highest BCUT2D eigenvalue weighted by Gasteiger charge is 2.29. The number of hydrogen-bond donors (Lipinski definition) is 2. The highest BCUT2D eigenvalue weighted by atomic mass is 127. The lowest BCUT2D eigenvalue weighted by molar-refractivity contribution is -0.116. The Labute approximate surface area is 212 Å². The average molecular weight is 590 g/mol. The highest BCUT2D eigenvalue weighted by Crippen LogP contribution is 2.41. The van der Waals surface area contributed by atoms with Crippen molar-refractivity contribution in [2.75, 3.05) is 17.9 Å². The maximum absolute atomic E-state index is 14.1. The number of pyridine rings is 1. The van der Waals surface area contributed by atoms with Crippen molar-refractivity contribution < 1.29 is 18.3 Å². The zero-order valence-corrected chi connectivity index (χ0v) is 21.3. The van der Waals surface area contributed by atoms with E-state index in [0.29, 0.717) is 18.6 Å². The van der Waals surface area contributed by atoms with Crippen LogP contribution in [0.15, 0.2) is 73.2 Å². The number of alkyl halides is 3. The fraction of sp³-hybridized carbons (Fsp3) is 0.192. The number of ether oxygens (including phenoxy) is 1. The summed E-state index contributed by atoms with van der Waals surface area (Å²) in [4.78, 5) is 16.6. The van der Waals surface area contributed by atoms with E-state index in [0.717, 1.165) is 22.2 Å². The highest BCUT2D eigenvalue weighted by molar-refractivity contribution is 14.2. The van der Waals surface area contributed by atoms with Gasteiger partial charge in [-0.05, 0) is 81.6 Å². The van der Waals surface area contributed by atoms with E-state index in [2.05, 4.69) is 20.2 Å². The normalized spacial score (nSPS) is 11.4. The molecule has 0 aliphatic heterocycles. The van der Waals surface area contributed by atoms with Crippen molar-refractivity contribution in [3.8, 4) is 5.75 Å². The summed E-state index contributed by atoms with van der Waals surface area (Å²) in [7, 11) is 1.44. The van der Waals surface area contributed by atoms with Crippen molar-refractivity contribution in [1.29, 1.82) is 0 Å². The summed E-state index contributed by atoms with van der Waals surface area (Å²) in [6, 6.07) is 15.9. The average Bonchev–Trinajstić information content (AvgIpc) is 3.28. The zero-order valence-electron chi connectivity index (χ0n) is 19.1. The molecule has 0 bridgehead atoms. The zero-order chi connectivity index (χ0) is 24.8. The number of aryl methyl sites for hydroxylation is 1. The Morgan fingerprint density at radius 2 is 1.97 bits per heavy atom. The predicted molar refractivity (Wildman–Crippen MR) is 145 cm³/mol. The molecule has 4 aromatic rings. The second-order valence-electron chi connectivity index (χ2n) is 7.83. The Balaban J connectivity index is 1.41. The third-order valence-electron chi connectivity index (χ3n) is 5.57. The molecule has 2 N–H and O–H groups in total. The molecule has 0 fully saturated rings. The van der Waals surface area contributed by atoms with Gasteiger partial charge in [0, 0.05) is 36.0 Å². The number of halogens is 3. The second-order valence-corrected chi connectivity index (χ2v) is 9.95. The van der Waals surface area contributed by atoms with E-state index < -0.39 is 24.7 Å². The van der Waals surface area contributed by atoms with Gasteiger partial charge in [0.25, 0.3) is 0 Å². The fourth-order valence-electron chi connectivity index (χ4n) is 3.82. The molecule has 4 rings (SSSR count). The van der Waals surface area contributed by atoms with Crippen LogP contribution in [0.3, 0.4) is 0 Å². The molecule has 182 valence electrons. The van der Waals surface area contributed by atoms with Gasteiger partial charge in [0.15, 0.2) is 0 Å². The van der Waals surface area contributed by atoms with Crippen LogP contribution in [-0.4, -0.2) is 27.2 Å². The van der Waals surface area contributed by atoms with Crippen LogP contribution in [0.5, 0.6) is 5.75 Å². The first kappa shape index (κ1) is 24.8. The number of methoxy groups -OCH3 is 1. The minimum atomic E-state index is -2.97. The molecule has 0 spiro atoms. The van der Waals surface area contributed by atoms with Crippen molar-refractivity contribution in [1.82, 2.24) is 9.66 Å². The molecule has 0 saturated carbocycles. The lowest BCUT2D eigenvalue weighted by atomic mass is 10.0. The molecular weight excluding hydrogens is 565 g/mol. The number of nitrogens with zero attached hydrogens (tertiary/aromatic N) is 2. The maximum atomic E-state index is 14.1. The van der Waals surface area contributed by atoms with Crippen LogP contribution in [-0.2, 0) is 15.1 Å². The summed E-state index contributed by atoms with van der Waals surface area (Å²) in [5.74, 6) is 0.0881. The van der Waals surface area contributed by atoms with Crippen LogP contribution >= 0.6 is 20.7 Å². The molecule has 0 aliphatic carbocycles. The van der Waals surface area contributed by atoms with E-state index in [1.165, 1.54) is 25.3 Å². The van der Waals surface area contributed by atoms with Gasteiger partial charge in [-0.25, -0.2) is 0 Å². The van der Waals surface area contributed by atoms with Gasteiger partial charge in [0.05, 0.1) is 24.0 Å². The van der Waals surface area contributed by atoms with E-state index in [1.807, 2.05) is 47.3 Å². The van der Waals surface area contributed by atoms with E-state index in [4.69, 9.17) is 4.74 Å². The molecular formula is C26H25F2IN4O2. The van der Waals surface area contributed by atoms with Crippen LogP contribution < -0.4 is 15.5 Å². The Kier molecular flexibility index (Phi) is 7.74. The molecule has 0 radical (unpaired) electrons. The maximum Gasteiger partial charge on any atom is 0.316 e. The van der Waals surface area contributed by atoms with Gasteiger partial charge in [-0.3, -0.25) is 19.9 Å². The quantitative estimate of drug-likeness (QED) is 0.167. The lowest BCUT2D eigenvalue weighted by Gasteiger charge is -2.15. The fourth-order valence-corrected chi connectivity index (χ4v) is 4.60. The lowest BCUT2D eigenvalue weighted by Crippen LogP contribution is -2.14. The minimum Gasteiger partial charge on any atom is -0.495 e. The minimum absolute atomic E-state index is 0.159. The van der Waals surface area contributed by atoms with Crippen LogP contribution in [0.2, 0.25) is 0 Å². The summed E-state index contributed by atoms with van der Waals surface area (Å²) in [6.07, 6.45) is 6.97. The first-order chi connectivity index (χ1) is 16.9. The summed E-state index contributed by atoms with van der Waals surface area (Å²) in [5.41, 5.74) is 6.50. The molecule has 0 saturated heterocycles. The van der Waals surface area contributed by atoms with E-state index in [9.17, 15) is 13.6 Å². The number of carbonyl (C=O) groups excluding carboxylic acids is 1. The number of aromatic nitrogens is 2. The number of carbonyl (C=O) groups is 1. The first-order valence-corrected chi connectivity index (χ1v) is 13.5. The summed E-state index contributed by atoms with van der Waals surface area (Å²) >= 11 is -1.58. The SMILES string of the molecule is C=IC(F)(F)c1ccc(OC)c(NC(=O)CCCc2cccc3c2ccn3Nc2ccncc2)c1. The molecule has 0 unspecified atom stereocenters. The number of rotatable bonds is 10. The molecule has 0 aliphatic rings. The molecule has 0 atom stereocenters. The summed E-state index contributed by atoms with van der Waals surface area (Å²) in [5, 5.41) is 3.83. The molecule has 6 nitrogen and oxygen atoms in total. The van der Waals surface area contributed by atoms with E-state index >= 15 is 0 Å². The van der Waals surface area contributed by atoms with Gasteiger partial charge in [0.1, 0.15) is 5.75 Å². The van der Waals surface area contributed by atoms with Crippen LogP contribution in [0.25, 0.3) is 10.9 Å². The molecule has 2 aromatic carbocycles. The number of benzene rings is 2. The van der Waals surface area contributed by atoms with Crippen LogP contribution in [0.1, 0.15) is 24.0 Å². The van der Waals surface area contributed by atoms with Gasteiger partial charge in [-0.2, -0.15) is 8.78 Å². The van der Waals surface area contributed by atoms with Gasteiger partial charge in [0.2, 0.25) is 5.91 Å². The van der Waals surface area contributed by atoms with Crippen molar-refractivity contribution >= 4 is 53.4 Å². The Morgan fingerprint density at radius 1 is 1.17 bits per heavy atom. The number of nitrogens with one attached hydrogen (secondary N) is 2. The molecule has 2 heterocycles. The monoisotopic (exact) mass is 590 g/mol. The van der Waals surface area contributed by atoms with Crippen molar-refractivity contribution in [2.24, 2.45) is 0 Å². The Hall–Kier alpha value is -3.34. The van der Waals surface area contributed by atoms with Crippen LogP contribution in [0.4, 0.5) is 20.2 Å². The largest absolute Gasteiger partial charge is 0.495 e. The third-order valence-corrected chi connectivity index (χ3v) is 7.15. The smallest absolute Gasteiger partial charge is 0.316 e. The molecule has 35 heavy (non-hydrogen) atoms. The van der Waals surface area contributed by atoms with Crippen molar-refractivity contribution in [3.63, 3.8) is 0 Å². The van der Waals surface area contributed by atoms with Gasteiger partial charge in [-0.15, -0.1) is 0 Å². The number of amides is 1. The van der Waals surface area contributed by atoms with Crippen LogP contribution in [0, 0.1) is 0 Å². The van der Waals surface area contributed by atoms with E-state index in [1.54, 1.807) is 12.4 Å². The summed E-state index contributed by atoms with van der Waals surface area (Å²) < 4.78 is 35.8. The second kappa shape index (κ2) is 10.9.